The molecule has 0 aliphatic heterocycles. The lowest BCUT2D eigenvalue weighted by Crippen LogP contribution is -2.23. The van der Waals surface area contributed by atoms with Gasteiger partial charge in [0.15, 0.2) is 5.65 Å². The van der Waals surface area contributed by atoms with E-state index in [1.54, 1.807) is 16.9 Å². The number of nitrogens with zero attached hydrogens (tertiary/aromatic N) is 5. The van der Waals surface area contributed by atoms with Crippen LogP contribution in [0.15, 0.2) is 24.5 Å². The van der Waals surface area contributed by atoms with Crippen LogP contribution in [0.5, 0.6) is 0 Å². The van der Waals surface area contributed by atoms with Crippen LogP contribution in [0, 0.1) is 5.82 Å². The normalized spacial score (nSPS) is 11.7. The fourth-order valence-electron chi connectivity index (χ4n) is 3.38. The summed E-state index contributed by atoms with van der Waals surface area (Å²) in [5.41, 5.74) is 2.60. The standard InChI is InChI=1S/C21H23ClFN7O/c1-4-5-24-21(31)13-10-25-20-18(13)27-15(11-26-20)19-17-14(23)8-12(22)9-16(17)30(28-19)7-6-29(2)3/h8-11H,4-7H2,1-3H3,(H,24,31)(H,25,26). The van der Waals surface area contributed by atoms with Gasteiger partial charge in [-0.3, -0.25) is 9.48 Å². The Balaban J connectivity index is 1.85. The number of halogens is 2. The van der Waals surface area contributed by atoms with Crippen LogP contribution in [0.1, 0.15) is 23.7 Å². The molecule has 1 aromatic carbocycles. The van der Waals surface area contributed by atoms with Crippen LogP contribution in [-0.2, 0) is 6.54 Å². The van der Waals surface area contributed by atoms with Crippen molar-refractivity contribution in [3.63, 3.8) is 0 Å². The first kappa shape index (κ1) is 21.2. The van der Waals surface area contributed by atoms with E-state index in [2.05, 4.69) is 25.4 Å². The molecule has 0 aliphatic carbocycles. The molecule has 0 saturated carbocycles. The molecule has 0 fully saturated rings. The number of fused-ring (bicyclic) bond motifs is 2. The minimum Gasteiger partial charge on any atom is -0.352 e. The van der Waals surface area contributed by atoms with E-state index in [0.717, 1.165) is 6.42 Å². The van der Waals surface area contributed by atoms with Crippen molar-refractivity contribution in [2.75, 3.05) is 27.2 Å². The summed E-state index contributed by atoms with van der Waals surface area (Å²) in [6, 6.07) is 2.95. The van der Waals surface area contributed by atoms with Gasteiger partial charge in [-0.2, -0.15) is 5.10 Å². The molecule has 0 bridgehead atoms. The summed E-state index contributed by atoms with van der Waals surface area (Å²) in [6.45, 7) is 3.81. The molecule has 31 heavy (non-hydrogen) atoms. The number of rotatable bonds is 7. The summed E-state index contributed by atoms with van der Waals surface area (Å²) in [4.78, 5) is 26.5. The maximum absolute atomic E-state index is 14.9. The minimum absolute atomic E-state index is 0.237. The van der Waals surface area contributed by atoms with Crippen LogP contribution in [0.3, 0.4) is 0 Å². The van der Waals surface area contributed by atoms with Gasteiger partial charge < -0.3 is 15.2 Å². The molecule has 2 N–H and O–H groups in total. The topological polar surface area (TPSA) is 91.7 Å². The minimum atomic E-state index is -0.481. The molecule has 0 aliphatic rings. The predicted molar refractivity (Wildman–Crippen MR) is 119 cm³/mol. The zero-order chi connectivity index (χ0) is 22.1. The Morgan fingerprint density at radius 1 is 1.35 bits per heavy atom. The van der Waals surface area contributed by atoms with Crippen LogP contribution >= 0.6 is 11.6 Å². The van der Waals surface area contributed by atoms with Crippen molar-refractivity contribution in [2.24, 2.45) is 0 Å². The fraction of sp³-hybridized carbons (Fsp3) is 0.333. The van der Waals surface area contributed by atoms with Gasteiger partial charge in [-0.05, 0) is 32.6 Å². The van der Waals surface area contributed by atoms with Crippen molar-refractivity contribution in [3.05, 3.63) is 40.9 Å². The van der Waals surface area contributed by atoms with Gasteiger partial charge in [0, 0.05) is 24.3 Å². The second-order valence-electron chi connectivity index (χ2n) is 7.57. The summed E-state index contributed by atoms with van der Waals surface area (Å²) in [7, 11) is 3.91. The Kier molecular flexibility index (Phi) is 5.88. The van der Waals surface area contributed by atoms with E-state index in [-0.39, 0.29) is 5.91 Å². The largest absolute Gasteiger partial charge is 0.352 e. The maximum atomic E-state index is 14.9. The van der Waals surface area contributed by atoms with Crippen molar-refractivity contribution in [2.45, 2.75) is 19.9 Å². The molecular formula is C21H23ClFN7O. The lowest BCUT2D eigenvalue weighted by Gasteiger charge is -2.10. The highest BCUT2D eigenvalue weighted by Crippen LogP contribution is 2.32. The van der Waals surface area contributed by atoms with E-state index in [1.807, 2.05) is 25.9 Å². The lowest BCUT2D eigenvalue weighted by molar-refractivity contribution is 0.0955. The van der Waals surface area contributed by atoms with Gasteiger partial charge >= 0.3 is 0 Å². The van der Waals surface area contributed by atoms with E-state index in [4.69, 9.17) is 11.6 Å². The average molecular weight is 444 g/mol. The predicted octanol–water partition coefficient (Wildman–Crippen LogP) is 3.47. The number of nitrogens with one attached hydrogen (secondary N) is 2. The van der Waals surface area contributed by atoms with Gasteiger partial charge in [0.05, 0.1) is 29.2 Å². The van der Waals surface area contributed by atoms with Gasteiger partial charge in [0.2, 0.25) is 0 Å². The second-order valence-corrected chi connectivity index (χ2v) is 8.00. The molecule has 4 aromatic rings. The molecule has 0 unspecified atom stereocenters. The van der Waals surface area contributed by atoms with Crippen molar-refractivity contribution in [3.8, 4) is 11.4 Å². The van der Waals surface area contributed by atoms with E-state index in [0.29, 0.717) is 63.7 Å². The highest BCUT2D eigenvalue weighted by Gasteiger charge is 2.21. The van der Waals surface area contributed by atoms with Crippen LogP contribution in [-0.4, -0.2) is 62.7 Å². The molecule has 1 amide bonds. The van der Waals surface area contributed by atoms with Crippen molar-refractivity contribution >= 4 is 39.6 Å². The van der Waals surface area contributed by atoms with Gasteiger partial charge in [0.1, 0.15) is 22.7 Å². The molecule has 3 aromatic heterocycles. The molecule has 3 heterocycles. The summed E-state index contributed by atoms with van der Waals surface area (Å²) in [5.74, 6) is -0.718. The highest BCUT2D eigenvalue weighted by atomic mass is 35.5. The quantitative estimate of drug-likeness (QED) is 0.456. The van der Waals surface area contributed by atoms with Crippen LogP contribution in [0.2, 0.25) is 5.02 Å². The first-order valence-corrected chi connectivity index (χ1v) is 10.4. The average Bonchev–Trinajstić information content (AvgIpc) is 3.31. The van der Waals surface area contributed by atoms with Gasteiger partial charge in [0.25, 0.3) is 5.91 Å². The maximum Gasteiger partial charge on any atom is 0.255 e. The number of likely N-dealkylation sites (N-methyl/N-ethyl adjacent to an activating group) is 1. The van der Waals surface area contributed by atoms with E-state index in [1.165, 1.54) is 12.3 Å². The Morgan fingerprint density at radius 3 is 2.90 bits per heavy atom. The summed E-state index contributed by atoms with van der Waals surface area (Å²) < 4.78 is 16.7. The van der Waals surface area contributed by atoms with Crippen LogP contribution < -0.4 is 5.32 Å². The first-order valence-electron chi connectivity index (χ1n) is 10.0. The van der Waals surface area contributed by atoms with E-state index >= 15 is 0 Å². The zero-order valence-electron chi connectivity index (χ0n) is 17.5. The molecule has 0 radical (unpaired) electrons. The monoisotopic (exact) mass is 443 g/mol. The Bertz CT molecular complexity index is 1260. The molecule has 4 rings (SSSR count). The molecule has 0 saturated heterocycles. The number of carbonyl (C=O) groups is 1. The number of hydrogen-bond donors (Lipinski definition) is 2. The van der Waals surface area contributed by atoms with Gasteiger partial charge in [-0.15, -0.1) is 0 Å². The number of aromatic amines is 1. The van der Waals surface area contributed by atoms with Crippen LogP contribution in [0.4, 0.5) is 4.39 Å². The molecule has 0 spiro atoms. The van der Waals surface area contributed by atoms with Crippen molar-refractivity contribution in [1.29, 1.82) is 0 Å². The molecular weight excluding hydrogens is 421 g/mol. The number of amides is 1. The number of hydrogen-bond acceptors (Lipinski definition) is 5. The molecule has 162 valence electrons. The highest BCUT2D eigenvalue weighted by molar-refractivity contribution is 6.31. The molecule has 8 nitrogen and oxygen atoms in total. The van der Waals surface area contributed by atoms with E-state index < -0.39 is 5.82 Å². The zero-order valence-corrected chi connectivity index (χ0v) is 18.3. The summed E-state index contributed by atoms with van der Waals surface area (Å²) in [5, 5.41) is 8.08. The van der Waals surface area contributed by atoms with Crippen LogP contribution in [0.25, 0.3) is 33.5 Å². The third-order valence-corrected chi connectivity index (χ3v) is 5.15. The van der Waals surface area contributed by atoms with Crippen molar-refractivity contribution in [1.82, 2.24) is 34.9 Å². The third kappa shape index (κ3) is 4.11. The number of carbonyl (C=O) groups excluding carboxylic acids is 1. The number of benzene rings is 1. The third-order valence-electron chi connectivity index (χ3n) is 4.93. The molecule has 0 atom stereocenters. The Morgan fingerprint density at radius 2 is 2.16 bits per heavy atom. The number of aromatic nitrogens is 5. The number of H-pyrrole nitrogens is 1. The van der Waals surface area contributed by atoms with Gasteiger partial charge in [-0.25, -0.2) is 14.4 Å². The lowest BCUT2D eigenvalue weighted by atomic mass is 10.1. The first-order chi connectivity index (χ1) is 14.9. The SMILES string of the molecule is CCCNC(=O)c1c[nH]c2ncc(-c3nn(CCN(C)C)c4cc(Cl)cc(F)c34)nc12. The Labute approximate surface area is 183 Å². The summed E-state index contributed by atoms with van der Waals surface area (Å²) in [6.07, 6.45) is 3.93. The summed E-state index contributed by atoms with van der Waals surface area (Å²) >= 11 is 6.11. The fourth-order valence-corrected chi connectivity index (χ4v) is 3.58. The van der Waals surface area contributed by atoms with E-state index in [9.17, 15) is 9.18 Å². The Hall–Kier alpha value is -3.04. The van der Waals surface area contributed by atoms with Crippen molar-refractivity contribution < 1.29 is 9.18 Å². The van der Waals surface area contributed by atoms with Gasteiger partial charge in [-0.1, -0.05) is 18.5 Å². The smallest absolute Gasteiger partial charge is 0.255 e. The second kappa shape index (κ2) is 8.60. The molecule has 10 heteroatoms.